The average Bonchev–Trinajstić information content (AvgIpc) is 2.64. The summed E-state index contributed by atoms with van der Waals surface area (Å²) in [5.41, 5.74) is 2.15. The minimum absolute atomic E-state index is 0.186. The van der Waals surface area contributed by atoms with Crippen LogP contribution in [0.2, 0.25) is 0 Å². The van der Waals surface area contributed by atoms with Gasteiger partial charge in [0.2, 0.25) is 0 Å². The van der Waals surface area contributed by atoms with Crippen LogP contribution in [0.25, 0.3) is 11.4 Å². The SMILES string of the molecule is Fc1ccc2c(c1)-c1nc(I)cn1CCCC2. The van der Waals surface area contributed by atoms with Crippen molar-refractivity contribution in [2.24, 2.45) is 0 Å². The van der Waals surface area contributed by atoms with Crippen LogP contribution in [0.5, 0.6) is 0 Å². The molecule has 2 heterocycles. The Bertz CT molecular complexity index is 563. The molecule has 1 aliphatic rings. The van der Waals surface area contributed by atoms with Crippen LogP contribution < -0.4 is 0 Å². The molecule has 1 aromatic heterocycles. The van der Waals surface area contributed by atoms with Gasteiger partial charge in [0.15, 0.2) is 0 Å². The Morgan fingerprint density at radius 3 is 3.06 bits per heavy atom. The van der Waals surface area contributed by atoms with E-state index >= 15 is 0 Å². The Hall–Kier alpha value is -0.910. The summed E-state index contributed by atoms with van der Waals surface area (Å²) < 4.78 is 16.5. The van der Waals surface area contributed by atoms with E-state index in [1.165, 1.54) is 5.56 Å². The third-order valence-corrected chi connectivity index (χ3v) is 3.67. The number of rotatable bonds is 0. The summed E-state index contributed by atoms with van der Waals surface area (Å²) in [5.74, 6) is 0.720. The molecule has 0 unspecified atom stereocenters. The molecule has 88 valence electrons. The van der Waals surface area contributed by atoms with E-state index in [0.29, 0.717) is 0 Å². The zero-order valence-corrected chi connectivity index (χ0v) is 11.4. The van der Waals surface area contributed by atoms with Gasteiger partial charge in [0, 0.05) is 18.3 Å². The van der Waals surface area contributed by atoms with Gasteiger partial charge in [0.25, 0.3) is 0 Å². The number of fused-ring (bicyclic) bond motifs is 3. The zero-order chi connectivity index (χ0) is 11.8. The highest BCUT2D eigenvalue weighted by atomic mass is 127. The number of aromatic nitrogens is 2. The quantitative estimate of drug-likeness (QED) is 0.669. The van der Waals surface area contributed by atoms with E-state index in [0.717, 1.165) is 40.9 Å². The molecular weight excluding hydrogens is 330 g/mol. The molecule has 0 spiro atoms. The summed E-state index contributed by atoms with van der Waals surface area (Å²) in [6.45, 7) is 0.974. The van der Waals surface area contributed by atoms with E-state index in [1.807, 2.05) is 12.3 Å². The maximum Gasteiger partial charge on any atom is 0.141 e. The number of nitrogens with zero attached hydrogens (tertiary/aromatic N) is 2. The fourth-order valence-corrected chi connectivity index (χ4v) is 2.91. The number of halogens is 2. The second-order valence-corrected chi connectivity index (χ2v) is 5.44. The van der Waals surface area contributed by atoms with Crippen LogP contribution in [-0.2, 0) is 13.0 Å². The number of benzene rings is 1. The first-order chi connectivity index (χ1) is 8.24. The van der Waals surface area contributed by atoms with Crippen molar-refractivity contribution in [2.45, 2.75) is 25.8 Å². The molecule has 0 bridgehead atoms. The highest BCUT2D eigenvalue weighted by molar-refractivity contribution is 14.1. The van der Waals surface area contributed by atoms with Crippen molar-refractivity contribution in [3.05, 3.63) is 39.5 Å². The van der Waals surface area contributed by atoms with Crippen molar-refractivity contribution in [1.29, 1.82) is 0 Å². The van der Waals surface area contributed by atoms with Crippen LogP contribution >= 0.6 is 22.6 Å². The number of aryl methyl sites for hydroxylation is 2. The summed E-state index contributed by atoms with van der Waals surface area (Å²) in [6.07, 6.45) is 5.35. The lowest BCUT2D eigenvalue weighted by molar-refractivity contribution is 0.598. The second-order valence-electron chi connectivity index (χ2n) is 4.34. The zero-order valence-electron chi connectivity index (χ0n) is 9.29. The monoisotopic (exact) mass is 342 g/mol. The van der Waals surface area contributed by atoms with Crippen LogP contribution in [0, 0.1) is 9.52 Å². The molecule has 0 saturated heterocycles. The summed E-state index contributed by atoms with van der Waals surface area (Å²) in [5, 5.41) is 0. The summed E-state index contributed by atoms with van der Waals surface area (Å²) in [7, 11) is 0. The maximum atomic E-state index is 13.4. The van der Waals surface area contributed by atoms with Crippen LogP contribution in [0.1, 0.15) is 18.4 Å². The predicted molar refractivity (Wildman–Crippen MR) is 73.3 cm³/mol. The van der Waals surface area contributed by atoms with Crippen molar-refractivity contribution >= 4 is 22.6 Å². The van der Waals surface area contributed by atoms with Crippen LogP contribution in [0.15, 0.2) is 24.4 Å². The molecular formula is C13H12FIN2. The Balaban J connectivity index is 2.23. The van der Waals surface area contributed by atoms with Gasteiger partial charge < -0.3 is 4.57 Å². The summed E-state index contributed by atoms with van der Waals surface area (Å²) in [4.78, 5) is 4.52. The van der Waals surface area contributed by atoms with Gasteiger partial charge in [-0.15, -0.1) is 0 Å². The molecule has 0 aliphatic carbocycles. The maximum absolute atomic E-state index is 13.4. The topological polar surface area (TPSA) is 17.8 Å². The third kappa shape index (κ3) is 2.10. The molecule has 1 aromatic carbocycles. The van der Waals surface area contributed by atoms with E-state index in [-0.39, 0.29) is 5.82 Å². The normalized spacial score (nSPS) is 14.7. The van der Waals surface area contributed by atoms with Gasteiger partial charge in [-0.25, -0.2) is 9.37 Å². The van der Waals surface area contributed by atoms with E-state index in [1.54, 1.807) is 12.1 Å². The second kappa shape index (κ2) is 4.40. The van der Waals surface area contributed by atoms with Crippen molar-refractivity contribution in [1.82, 2.24) is 9.55 Å². The molecule has 2 aromatic rings. The molecule has 0 saturated carbocycles. The largest absolute Gasteiger partial charge is 0.330 e. The molecule has 17 heavy (non-hydrogen) atoms. The smallest absolute Gasteiger partial charge is 0.141 e. The molecule has 1 aliphatic heterocycles. The first-order valence-corrected chi connectivity index (χ1v) is 6.83. The van der Waals surface area contributed by atoms with Crippen LogP contribution in [0.3, 0.4) is 0 Å². The molecule has 0 radical (unpaired) electrons. The van der Waals surface area contributed by atoms with Gasteiger partial charge >= 0.3 is 0 Å². The predicted octanol–water partition coefficient (Wildman–Crippen LogP) is 3.63. The van der Waals surface area contributed by atoms with Gasteiger partial charge in [-0.05, 0) is 59.5 Å². The van der Waals surface area contributed by atoms with Gasteiger partial charge in [-0.2, -0.15) is 0 Å². The molecule has 0 amide bonds. The highest BCUT2D eigenvalue weighted by Gasteiger charge is 2.16. The standard InChI is InChI=1S/C13H12FIN2/c14-10-5-4-9-3-1-2-6-17-8-12(15)16-13(17)11(9)7-10/h4-5,7-8H,1-3,6H2. The molecule has 4 heteroatoms. The average molecular weight is 342 g/mol. The fraction of sp³-hybridized carbons (Fsp3) is 0.308. The van der Waals surface area contributed by atoms with Crippen LogP contribution in [0.4, 0.5) is 4.39 Å². The third-order valence-electron chi connectivity index (χ3n) is 3.16. The Kier molecular flexibility index (Phi) is 2.90. The minimum atomic E-state index is -0.186. The number of imidazole rings is 1. The molecule has 2 nitrogen and oxygen atoms in total. The number of hydrogen-bond donors (Lipinski definition) is 0. The van der Waals surface area contributed by atoms with Crippen molar-refractivity contribution in [3.63, 3.8) is 0 Å². The summed E-state index contributed by atoms with van der Waals surface area (Å²) >= 11 is 2.21. The number of hydrogen-bond acceptors (Lipinski definition) is 1. The van der Waals surface area contributed by atoms with Gasteiger partial charge in [0.1, 0.15) is 15.3 Å². The minimum Gasteiger partial charge on any atom is -0.330 e. The highest BCUT2D eigenvalue weighted by Crippen LogP contribution is 2.28. The van der Waals surface area contributed by atoms with Gasteiger partial charge in [0.05, 0.1) is 0 Å². The van der Waals surface area contributed by atoms with Crippen LogP contribution in [-0.4, -0.2) is 9.55 Å². The lowest BCUT2D eigenvalue weighted by Crippen LogP contribution is -2.06. The lowest BCUT2D eigenvalue weighted by Gasteiger charge is -2.15. The van der Waals surface area contributed by atoms with Crippen molar-refractivity contribution in [2.75, 3.05) is 0 Å². The Morgan fingerprint density at radius 2 is 2.18 bits per heavy atom. The van der Waals surface area contributed by atoms with E-state index < -0.39 is 0 Å². The van der Waals surface area contributed by atoms with Gasteiger partial charge in [-0.1, -0.05) is 6.07 Å². The summed E-state index contributed by atoms with van der Waals surface area (Å²) in [6, 6.07) is 5.04. The first kappa shape index (κ1) is 11.2. The molecule has 3 rings (SSSR count). The van der Waals surface area contributed by atoms with Crippen molar-refractivity contribution in [3.8, 4) is 11.4 Å². The first-order valence-electron chi connectivity index (χ1n) is 5.75. The lowest BCUT2D eigenvalue weighted by atomic mass is 9.99. The van der Waals surface area contributed by atoms with Crippen molar-refractivity contribution < 1.29 is 4.39 Å². The molecule has 0 N–H and O–H groups in total. The molecule has 0 atom stereocenters. The Labute approximate surface area is 113 Å². The van der Waals surface area contributed by atoms with Gasteiger partial charge in [-0.3, -0.25) is 0 Å². The Morgan fingerprint density at radius 1 is 1.29 bits per heavy atom. The van der Waals surface area contributed by atoms with E-state index in [2.05, 4.69) is 32.1 Å². The fourth-order valence-electron chi connectivity index (χ4n) is 2.34. The molecule has 0 fully saturated rings. The van der Waals surface area contributed by atoms with E-state index in [9.17, 15) is 4.39 Å². The van der Waals surface area contributed by atoms with E-state index in [4.69, 9.17) is 0 Å².